The van der Waals surface area contributed by atoms with Crippen molar-refractivity contribution < 1.29 is 19.2 Å². The van der Waals surface area contributed by atoms with Crippen molar-refractivity contribution in [2.24, 2.45) is 0 Å². The maximum atomic E-state index is 12.3. The van der Waals surface area contributed by atoms with Gasteiger partial charge in [0.05, 0.1) is 29.2 Å². The van der Waals surface area contributed by atoms with E-state index in [1.54, 1.807) is 36.7 Å². The van der Waals surface area contributed by atoms with Crippen molar-refractivity contribution >= 4 is 17.8 Å². The Hall–Kier alpha value is -3.81. The second-order valence-corrected chi connectivity index (χ2v) is 5.21. The SMILES string of the molecule is O=C(ON1C(=O)c2ccccc2C1=O)c1cnn(-c2cccnc2)c1. The number of pyridine rings is 1. The van der Waals surface area contributed by atoms with E-state index < -0.39 is 17.8 Å². The molecule has 0 unspecified atom stereocenters. The van der Waals surface area contributed by atoms with Crippen LogP contribution in [0.1, 0.15) is 31.1 Å². The molecule has 2 aromatic heterocycles. The van der Waals surface area contributed by atoms with Crippen LogP contribution >= 0.6 is 0 Å². The summed E-state index contributed by atoms with van der Waals surface area (Å²) in [5, 5.41) is 4.51. The van der Waals surface area contributed by atoms with E-state index in [0.29, 0.717) is 10.8 Å². The third-order valence-corrected chi connectivity index (χ3v) is 3.66. The monoisotopic (exact) mass is 334 g/mol. The van der Waals surface area contributed by atoms with Gasteiger partial charge in [-0.15, -0.1) is 0 Å². The number of carbonyl (C=O) groups is 3. The van der Waals surface area contributed by atoms with Crippen molar-refractivity contribution in [2.45, 2.75) is 0 Å². The van der Waals surface area contributed by atoms with E-state index >= 15 is 0 Å². The van der Waals surface area contributed by atoms with Crippen LogP contribution in [0.4, 0.5) is 0 Å². The van der Waals surface area contributed by atoms with Gasteiger partial charge in [-0.3, -0.25) is 14.6 Å². The van der Waals surface area contributed by atoms with Gasteiger partial charge in [0.25, 0.3) is 11.8 Å². The second-order valence-electron chi connectivity index (χ2n) is 5.21. The maximum absolute atomic E-state index is 12.3. The van der Waals surface area contributed by atoms with Crippen LogP contribution in [-0.2, 0) is 4.84 Å². The van der Waals surface area contributed by atoms with E-state index in [2.05, 4.69) is 10.1 Å². The number of imide groups is 1. The van der Waals surface area contributed by atoms with Crippen molar-refractivity contribution in [1.29, 1.82) is 0 Å². The lowest BCUT2D eigenvalue weighted by Gasteiger charge is -2.11. The number of rotatable bonds is 3. The molecule has 1 aliphatic rings. The van der Waals surface area contributed by atoms with E-state index in [1.807, 2.05) is 0 Å². The number of amides is 2. The molecular formula is C17H10N4O4. The molecule has 0 radical (unpaired) electrons. The molecule has 0 aliphatic carbocycles. The van der Waals surface area contributed by atoms with E-state index in [4.69, 9.17) is 4.84 Å². The van der Waals surface area contributed by atoms with Crippen LogP contribution in [-0.4, -0.2) is 37.6 Å². The van der Waals surface area contributed by atoms with Gasteiger partial charge in [0.15, 0.2) is 0 Å². The summed E-state index contributed by atoms with van der Waals surface area (Å²) in [6.45, 7) is 0. The maximum Gasteiger partial charge on any atom is 0.367 e. The summed E-state index contributed by atoms with van der Waals surface area (Å²) in [5.41, 5.74) is 1.15. The van der Waals surface area contributed by atoms with E-state index in [9.17, 15) is 14.4 Å². The predicted octanol–water partition coefficient (Wildman–Crippen LogP) is 1.64. The summed E-state index contributed by atoms with van der Waals surface area (Å²) in [5.74, 6) is -2.20. The number of fused-ring (bicyclic) bond motifs is 1. The molecule has 8 heteroatoms. The average molecular weight is 334 g/mol. The Morgan fingerprint density at radius 3 is 2.32 bits per heavy atom. The number of hydroxylamine groups is 2. The Morgan fingerprint density at radius 2 is 1.68 bits per heavy atom. The van der Waals surface area contributed by atoms with Crippen LogP contribution in [0.5, 0.6) is 0 Å². The summed E-state index contributed by atoms with van der Waals surface area (Å²) in [6.07, 6.45) is 5.90. The number of carbonyl (C=O) groups excluding carboxylic acids is 3. The Bertz CT molecular complexity index is 962. The third kappa shape index (κ3) is 2.45. The normalized spacial score (nSPS) is 13.0. The first-order valence-electron chi connectivity index (χ1n) is 7.30. The number of hydrogen-bond acceptors (Lipinski definition) is 6. The summed E-state index contributed by atoms with van der Waals surface area (Å²) in [6, 6.07) is 9.77. The molecule has 0 fully saturated rings. The lowest BCUT2D eigenvalue weighted by Crippen LogP contribution is -2.32. The minimum atomic E-state index is -0.857. The molecule has 0 bridgehead atoms. The molecule has 122 valence electrons. The molecule has 0 N–H and O–H groups in total. The molecule has 3 aromatic rings. The molecule has 8 nitrogen and oxygen atoms in total. The zero-order chi connectivity index (χ0) is 17.4. The van der Waals surface area contributed by atoms with Gasteiger partial charge in [-0.1, -0.05) is 17.2 Å². The largest absolute Gasteiger partial charge is 0.367 e. The number of nitrogens with zero attached hydrogens (tertiary/aromatic N) is 4. The first kappa shape index (κ1) is 14.8. The van der Waals surface area contributed by atoms with Crippen LogP contribution in [0, 0.1) is 0 Å². The zero-order valence-electron chi connectivity index (χ0n) is 12.7. The molecule has 3 heterocycles. The minimum absolute atomic E-state index is 0.0976. The van der Waals surface area contributed by atoms with Gasteiger partial charge >= 0.3 is 5.97 Å². The molecule has 2 amide bonds. The van der Waals surface area contributed by atoms with Crippen LogP contribution in [0.3, 0.4) is 0 Å². The number of aromatic nitrogens is 3. The Labute approximate surface area is 141 Å². The fraction of sp³-hybridized carbons (Fsp3) is 0. The highest BCUT2D eigenvalue weighted by Gasteiger charge is 2.38. The Kier molecular flexibility index (Phi) is 3.35. The lowest BCUT2D eigenvalue weighted by molar-refractivity contribution is -0.0584. The highest BCUT2D eigenvalue weighted by Crippen LogP contribution is 2.23. The smallest absolute Gasteiger partial charge is 0.324 e. The first-order valence-corrected chi connectivity index (χ1v) is 7.30. The summed E-state index contributed by atoms with van der Waals surface area (Å²) in [4.78, 5) is 45.6. The van der Waals surface area contributed by atoms with E-state index in [0.717, 1.165) is 0 Å². The standard InChI is InChI=1S/C17H10N4O4/c22-15-13-5-1-2-6-14(13)16(23)21(15)25-17(24)11-8-19-20(10-11)12-4-3-7-18-9-12/h1-10H. The van der Waals surface area contributed by atoms with Crippen molar-refractivity contribution in [2.75, 3.05) is 0 Å². The number of benzene rings is 1. The van der Waals surface area contributed by atoms with Gasteiger partial charge in [0.1, 0.15) is 5.56 Å². The molecule has 1 aromatic carbocycles. The van der Waals surface area contributed by atoms with Gasteiger partial charge in [-0.05, 0) is 24.3 Å². The fourth-order valence-electron chi connectivity index (χ4n) is 2.44. The Morgan fingerprint density at radius 1 is 0.960 bits per heavy atom. The first-order chi connectivity index (χ1) is 12.1. The topological polar surface area (TPSA) is 94.4 Å². The highest BCUT2D eigenvalue weighted by atomic mass is 16.7. The van der Waals surface area contributed by atoms with Gasteiger partial charge in [0.2, 0.25) is 0 Å². The van der Waals surface area contributed by atoms with Crippen LogP contribution in [0.25, 0.3) is 5.69 Å². The molecule has 1 aliphatic heterocycles. The fourth-order valence-corrected chi connectivity index (χ4v) is 2.44. The molecule has 0 spiro atoms. The summed E-state index contributed by atoms with van der Waals surface area (Å²) >= 11 is 0. The van der Waals surface area contributed by atoms with Crippen LogP contribution in [0.15, 0.2) is 61.2 Å². The van der Waals surface area contributed by atoms with Crippen LogP contribution < -0.4 is 0 Å². The summed E-state index contributed by atoms with van der Waals surface area (Å²) in [7, 11) is 0. The van der Waals surface area contributed by atoms with Crippen molar-refractivity contribution in [1.82, 2.24) is 19.8 Å². The third-order valence-electron chi connectivity index (χ3n) is 3.66. The molecule has 0 saturated carbocycles. The molecule has 25 heavy (non-hydrogen) atoms. The minimum Gasteiger partial charge on any atom is -0.324 e. The van der Waals surface area contributed by atoms with Gasteiger partial charge < -0.3 is 4.84 Å². The van der Waals surface area contributed by atoms with Crippen molar-refractivity contribution in [3.63, 3.8) is 0 Å². The molecule has 0 atom stereocenters. The van der Waals surface area contributed by atoms with Crippen molar-refractivity contribution in [3.05, 3.63) is 77.9 Å². The molecule has 4 rings (SSSR count). The van der Waals surface area contributed by atoms with E-state index in [1.165, 1.54) is 29.2 Å². The van der Waals surface area contributed by atoms with Gasteiger partial charge in [-0.25, -0.2) is 9.48 Å². The Balaban J connectivity index is 1.55. The lowest BCUT2D eigenvalue weighted by atomic mass is 10.1. The highest BCUT2D eigenvalue weighted by molar-refractivity contribution is 6.21. The predicted molar refractivity (Wildman–Crippen MR) is 83.7 cm³/mol. The second kappa shape index (κ2) is 5.68. The summed E-state index contributed by atoms with van der Waals surface area (Å²) < 4.78 is 1.44. The molecular weight excluding hydrogens is 324 g/mol. The zero-order valence-corrected chi connectivity index (χ0v) is 12.7. The van der Waals surface area contributed by atoms with Gasteiger partial charge in [-0.2, -0.15) is 5.10 Å². The molecule has 0 saturated heterocycles. The quantitative estimate of drug-likeness (QED) is 0.676. The number of hydrogen-bond donors (Lipinski definition) is 0. The average Bonchev–Trinajstić information content (AvgIpc) is 3.23. The van der Waals surface area contributed by atoms with E-state index in [-0.39, 0.29) is 16.7 Å². The van der Waals surface area contributed by atoms with Crippen LogP contribution in [0.2, 0.25) is 0 Å². The van der Waals surface area contributed by atoms with Crippen molar-refractivity contribution in [3.8, 4) is 5.69 Å². The van der Waals surface area contributed by atoms with Gasteiger partial charge in [0, 0.05) is 12.4 Å².